The number of benzene rings is 2. The van der Waals surface area contributed by atoms with Crippen LogP contribution in [-0.4, -0.2) is 35.5 Å². The molecule has 0 unspecified atom stereocenters. The summed E-state index contributed by atoms with van der Waals surface area (Å²) in [5.41, 5.74) is 1.82. The highest BCUT2D eigenvalue weighted by molar-refractivity contribution is 5.97. The van der Waals surface area contributed by atoms with E-state index in [0.29, 0.717) is 0 Å². The van der Waals surface area contributed by atoms with Crippen LogP contribution in [0.2, 0.25) is 0 Å². The number of hydrogen-bond acceptors (Lipinski definition) is 4. The van der Waals surface area contributed by atoms with E-state index in [1.807, 2.05) is 60.8 Å². The fourth-order valence-corrected chi connectivity index (χ4v) is 3.46. The number of aromatic nitrogens is 1. The lowest BCUT2D eigenvalue weighted by atomic mass is 10.0. The van der Waals surface area contributed by atoms with E-state index >= 15 is 0 Å². The van der Waals surface area contributed by atoms with Gasteiger partial charge >= 0.3 is 0 Å². The molecule has 26 heavy (non-hydrogen) atoms. The minimum absolute atomic E-state index is 0.00620. The van der Waals surface area contributed by atoms with Crippen LogP contribution in [0.15, 0.2) is 67.0 Å². The first-order chi connectivity index (χ1) is 12.8. The van der Waals surface area contributed by atoms with Crippen LogP contribution < -0.4 is 10.6 Å². The van der Waals surface area contributed by atoms with Crippen LogP contribution in [-0.2, 0) is 4.79 Å². The SMILES string of the molecule is O=C(Nc1ccc2cnccc2c1)[C@@H](c1ccccc1)N1CCCNC1. The number of amides is 1. The minimum atomic E-state index is -0.308. The topological polar surface area (TPSA) is 57.3 Å². The molecule has 1 fully saturated rings. The van der Waals surface area contributed by atoms with E-state index in [0.717, 1.165) is 48.2 Å². The second-order valence-corrected chi connectivity index (χ2v) is 6.56. The van der Waals surface area contributed by atoms with Crippen molar-refractivity contribution in [3.8, 4) is 0 Å². The van der Waals surface area contributed by atoms with Crippen molar-refractivity contribution in [2.75, 3.05) is 25.1 Å². The Morgan fingerprint density at radius 1 is 1.12 bits per heavy atom. The third-order valence-corrected chi connectivity index (χ3v) is 4.75. The standard InChI is InChI=1S/C21H22N4O/c26-21(24-19-8-7-18-14-22-11-9-17(18)13-19)20(16-5-2-1-3-6-16)25-12-4-10-23-15-25/h1-3,5-9,11,13-14,20,23H,4,10,12,15H2,(H,24,26)/t20-/m1/s1. The Kier molecular flexibility index (Phi) is 4.91. The molecule has 2 heterocycles. The fraction of sp³-hybridized carbons (Fsp3) is 0.238. The Hall–Kier alpha value is -2.76. The highest BCUT2D eigenvalue weighted by Crippen LogP contribution is 2.25. The Labute approximate surface area is 153 Å². The predicted octanol–water partition coefficient (Wildman–Crippen LogP) is 3.17. The van der Waals surface area contributed by atoms with Crippen molar-refractivity contribution in [2.24, 2.45) is 0 Å². The normalized spacial score (nSPS) is 16.3. The highest BCUT2D eigenvalue weighted by atomic mass is 16.2. The van der Waals surface area contributed by atoms with Crippen LogP contribution in [0.25, 0.3) is 10.8 Å². The number of fused-ring (bicyclic) bond motifs is 1. The molecule has 5 heteroatoms. The largest absolute Gasteiger partial charge is 0.324 e. The van der Waals surface area contributed by atoms with Crippen molar-refractivity contribution in [3.63, 3.8) is 0 Å². The summed E-state index contributed by atoms with van der Waals surface area (Å²) in [7, 11) is 0. The van der Waals surface area contributed by atoms with Crippen molar-refractivity contribution in [3.05, 3.63) is 72.6 Å². The third kappa shape index (κ3) is 3.59. The van der Waals surface area contributed by atoms with Crippen molar-refractivity contribution < 1.29 is 4.79 Å². The average Bonchev–Trinajstić information content (AvgIpc) is 2.70. The third-order valence-electron chi connectivity index (χ3n) is 4.75. The zero-order valence-corrected chi connectivity index (χ0v) is 14.6. The minimum Gasteiger partial charge on any atom is -0.324 e. The molecule has 0 spiro atoms. The summed E-state index contributed by atoms with van der Waals surface area (Å²) in [6.07, 6.45) is 4.63. The van der Waals surface area contributed by atoms with Gasteiger partial charge in [0.1, 0.15) is 6.04 Å². The van der Waals surface area contributed by atoms with Crippen LogP contribution in [0.3, 0.4) is 0 Å². The Balaban J connectivity index is 1.60. The second-order valence-electron chi connectivity index (χ2n) is 6.56. The molecule has 1 aliphatic heterocycles. The van der Waals surface area contributed by atoms with Gasteiger partial charge in [0, 0.05) is 36.7 Å². The summed E-state index contributed by atoms with van der Waals surface area (Å²) in [5, 5.41) is 8.59. The van der Waals surface area contributed by atoms with Crippen molar-refractivity contribution in [1.29, 1.82) is 0 Å². The van der Waals surface area contributed by atoms with E-state index in [2.05, 4.69) is 20.5 Å². The summed E-state index contributed by atoms with van der Waals surface area (Å²) in [6, 6.07) is 17.5. The van der Waals surface area contributed by atoms with Gasteiger partial charge in [-0.25, -0.2) is 0 Å². The Morgan fingerprint density at radius 3 is 2.81 bits per heavy atom. The van der Waals surface area contributed by atoms with Gasteiger partial charge in [0.15, 0.2) is 0 Å². The number of pyridine rings is 1. The molecule has 0 aliphatic carbocycles. The predicted molar refractivity (Wildman–Crippen MR) is 104 cm³/mol. The van der Waals surface area contributed by atoms with Gasteiger partial charge in [0.2, 0.25) is 5.91 Å². The molecule has 3 aromatic rings. The summed E-state index contributed by atoms with van der Waals surface area (Å²) < 4.78 is 0. The average molecular weight is 346 g/mol. The molecule has 5 nitrogen and oxygen atoms in total. The number of rotatable bonds is 4. The molecule has 1 atom stereocenters. The summed E-state index contributed by atoms with van der Waals surface area (Å²) in [5.74, 6) is -0.00620. The lowest BCUT2D eigenvalue weighted by Gasteiger charge is -2.34. The van der Waals surface area contributed by atoms with Gasteiger partial charge in [-0.3, -0.25) is 14.7 Å². The molecular formula is C21H22N4O. The molecule has 0 saturated carbocycles. The first-order valence-corrected chi connectivity index (χ1v) is 8.96. The quantitative estimate of drug-likeness (QED) is 0.762. The summed E-state index contributed by atoms with van der Waals surface area (Å²) in [6.45, 7) is 2.62. The molecule has 2 aromatic carbocycles. The smallest absolute Gasteiger partial charge is 0.246 e. The highest BCUT2D eigenvalue weighted by Gasteiger charge is 2.28. The van der Waals surface area contributed by atoms with Crippen LogP contribution in [0.4, 0.5) is 5.69 Å². The lowest BCUT2D eigenvalue weighted by molar-refractivity contribution is -0.122. The Bertz CT molecular complexity index is 891. The van der Waals surface area contributed by atoms with E-state index in [1.165, 1.54) is 0 Å². The summed E-state index contributed by atoms with van der Waals surface area (Å²) >= 11 is 0. The van der Waals surface area contributed by atoms with Crippen molar-refractivity contribution >= 4 is 22.4 Å². The molecular weight excluding hydrogens is 324 g/mol. The molecule has 132 valence electrons. The van der Waals surface area contributed by atoms with Gasteiger partial charge in [0.05, 0.1) is 0 Å². The number of anilines is 1. The van der Waals surface area contributed by atoms with Crippen molar-refractivity contribution in [1.82, 2.24) is 15.2 Å². The molecule has 1 amide bonds. The van der Waals surface area contributed by atoms with Crippen LogP contribution in [0, 0.1) is 0 Å². The van der Waals surface area contributed by atoms with Gasteiger partial charge in [-0.05, 0) is 42.1 Å². The first kappa shape index (κ1) is 16.7. The molecule has 2 N–H and O–H groups in total. The maximum absolute atomic E-state index is 13.2. The zero-order chi connectivity index (χ0) is 17.8. The number of nitrogens with zero attached hydrogens (tertiary/aromatic N) is 2. The molecule has 1 saturated heterocycles. The molecule has 4 rings (SSSR count). The van der Waals surface area contributed by atoms with Crippen LogP contribution in [0.5, 0.6) is 0 Å². The maximum Gasteiger partial charge on any atom is 0.246 e. The monoisotopic (exact) mass is 346 g/mol. The second kappa shape index (κ2) is 7.64. The zero-order valence-electron chi connectivity index (χ0n) is 14.6. The van der Waals surface area contributed by atoms with Gasteiger partial charge in [-0.15, -0.1) is 0 Å². The number of nitrogens with one attached hydrogen (secondary N) is 2. The van der Waals surface area contributed by atoms with E-state index in [-0.39, 0.29) is 11.9 Å². The van der Waals surface area contributed by atoms with E-state index in [4.69, 9.17) is 0 Å². The lowest BCUT2D eigenvalue weighted by Crippen LogP contribution is -2.47. The molecule has 1 aliphatic rings. The number of hydrogen-bond donors (Lipinski definition) is 2. The molecule has 0 radical (unpaired) electrons. The van der Waals surface area contributed by atoms with Gasteiger partial charge in [-0.2, -0.15) is 0 Å². The fourth-order valence-electron chi connectivity index (χ4n) is 3.46. The Morgan fingerprint density at radius 2 is 2.00 bits per heavy atom. The molecule has 1 aromatic heterocycles. The van der Waals surface area contributed by atoms with E-state index < -0.39 is 0 Å². The first-order valence-electron chi connectivity index (χ1n) is 8.96. The van der Waals surface area contributed by atoms with E-state index in [1.54, 1.807) is 6.20 Å². The number of carbonyl (C=O) groups excluding carboxylic acids is 1. The number of carbonyl (C=O) groups is 1. The van der Waals surface area contributed by atoms with Crippen molar-refractivity contribution in [2.45, 2.75) is 12.5 Å². The van der Waals surface area contributed by atoms with Crippen LogP contribution in [0.1, 0.15) is 18.0 Å². The van der Waals surface area contributed by atoms with Gasteiger partial charge in [-0.1, -0.05) is 36.4 Å². The molecule has 0 bridgehead atoms. The summed E-state index contributed by atoms with van der Waals surface area (Å²) in [4.78, 5) is 19.5. The van der Waals surface area contributed by atoms with Gasteiger partial charge in [0.25, 0.3) is 0 Å². The maximum atomic E-state index is 13.2. The van der Waals surface area contributed by atoms with E-state index in [9.17, 15) is 4.79 Å². The van der Waals surface area contributed by atoms with Crippen LogP contribution >= 0.6 is 0 Å². The van der Waals surface area contributed by atoms with Gasteiger partial charge < -0.3 is 10.6 Å².